The summed E-state index contributed by atoms with van der Waals surface area (Å²) in [5.74, 6) is 0. The summed E-state index contributed by atoms with van der Waals surface area (Å²) in [7, 11) is 0. The molecule has 78 valence electrons. The highest BCUT2D eigenvalue weighted by molar-refractivity contribution is 6.10. The number of rotatable bonds is 0. The van der Waals surface area contributed by atoms with Crippen LogP contribution in [0, 0.1) is 0 Å². The Hall–Kier alpha value is -2.22. The summed E-state index contributed by atoms with van der Waals surface area (Å²) >= 11 is 0. The van der Waals surface area contributed by atoms with Crippen LogP contribution >= 0.6 is 0 Å². The molecule has 3 rings (SSSR count). The first kappa shape index (κ1) is 9.04. The minimum atomic E-state index is 0.766. The number of nitrogens with two attached hydrogens (primary N) is 2. The van der Waals surface area contributed by atoms with E-state index in [1.807, 2.05) is 36.4 Å². The van der Waals surface area contributed by atoms with Gasteiger partial charge in [-0.05, 0) is 29.0 Å². The zero-order valence-electron chi connectivity index (χ0n) is 8.77. The van der Waals surface area contributed by atoms with Gasteiger partial charge in [-0.1, -0.05) is 30.3 Å². The Morgan fingerprint density at radius 2 is 1.44 bits per heavy atom. The molecule has 0 saturated carbocycles. The summed E-state index contributed by atoms with van der Waals surface area (Å²) < 4.78 is 0. The Morgan fingerprint density at radius 3 is 2.31 bits per heavy atom. The van der Waals surface area contributed by atoms with Crippen molar-refractivity contribution in [2.75, 3.05) is 11.5 Å². The number of nitrogen functional groups attached to an aromatic ring is 2. The third kappa shape index (κ3) is 1.20. The van der Waals surface area contributed by atoms with Crippen LogP contribution in [0.5, 0.6) is 0 Å². The molecule has 2 nitrogen and oxygen atoms in total. The monoisotopic (exact) mass is 208 g/mol. The Morgan fingerprint density at radius 1 is 0.688 bits per heavy atom. The Balaban J connectivity index is 2.55. The normalized spacial score (nSPS) is 11.0. The lowest BCUT2D eigenvalue weighted by Crippen LogP contribution is -1.91. The third-order valence-electron chi connectivity index (χ3n) is 2.93. The predicted molar refractivity (Wildman–Crippen MR) is 70.3 cm³/mol. The van der Waals surface area contributed by atoms with Crippen LogP contribution in [-0.4, -0.2) is 0 Å². The molecule has 3 aromatic rings. The number of hydrogen-bond acceptors (Lipinski definition) is 2. The molecule has 0 aliphatic carbocycles. The molecule has 0 radical (unpaired) electrons. The van der Waals surface area contributed by atoms with Crippen LogP contribution in [-0.2, 0) is 0 Å². The SMILES string of the molecule is Nc1ccc2c(N)c3ccccc3cc2c1. The van der Waals surface area contributed by atoms with E-state index in [0.717, 1.165) is 32.9 Å². The Kier molecular flexibility index (Phi) is 1.77. The first-order chi connectivity index (χ1) is 7.75. The first-order valence-corrected chi connectivity index (χ1v) is 5.22. The molecule has 2 heteroatoms. The lowest BCUT2D eigenvalue weighted by atomic mass is 10.0. The zero-order chi connectivity index (χ0) is 11.1. The smallest absolute Gasteiger partial charge is 0.0473 e. The molecule has 0 spiro atoms. The molecular weight excluding hydrogens is 196 g/mol. The maximum absolute atomic E-state index is 6.16. The molecule has 0 fully saturated rings. The summed E-state index contributed by atoms with van der Waals surface area (Å²) in [4.78, 5) is 0. The van der Waals surface area contributed by atoms with E-state index in [1.54, 1.807) is 0 Å². The van der Waals surface area contributed by atoms with Gasteiger partial charge < -0.3 is 11.5 Å². The second-order valence-electron chi connectivity index (χ2n) is 3.99. The predicted octanol–water partition coefficient (Wildman–Crippen LogP) is 3.16. The van der Waals surface area contributed by atoms with Crippen molar-refractivity contribution in [1.29, 1.82) is 0 Å². The van der Waals surface area contributed by atoms with Gasteiger partial charge in [-0.2, -0.15) is 0 Å². The van der Waals surface area contributed by atoms with E-state index in [4.69, 9.17) is 11.5 Å². The van der Waals surface area contributed by atoms with Crippen LogP contribution < -0.4 is 11.5 Å². The fourth-order valence-electron chi connectivity index (χ4n) is 2.13. The quantitative estimate of drug-likeness (QED) is 0.440. The van der Waals surface area contributed by atoms with Crippen LogP contribution in [0.1, 0.15) is 0 Å². The highest BCUT2D eigenvalue weighted by Crippen LogP contribution is 2.31. The van der Waals surface area contributed by atoms with Crippen molar-refractivity contribution >= 4 is 32.9 Å². The molecule has 0 aliphatic rings. The van der Waals surface area contributed by atoms with Gasteiger partial charge >= 0.3 is 0 Å². The third-order valence-corrected chi connectivity index (χ3v) is 2.93. The minimum absolute atomic E-state index is 0.766. The van der Waals surface area contributed by atoms with E-state index in [2.05, 4.69) is 12.1 Å². The Labute approximate surface area is 93.5 Å². The largest absolute Gasteiger partial charge is 0.399 e. The van der Waals surface area contributed by atoms with E-state index in [0.29, 0.717) is 0 Å². The van der Waals surface area contributed by atoms with Gasteiger partial charge in [0, 0.05) is 22.1 Å². The van der Waals surface area contributed by atoms with Crippen LogP contribution in [0.15, 0.2) is 48.5 Å². The molecule has 0 aliphatic heterocycles. The van der Waals surface area contributed by atoms with Gasteiger partial charge in [0.15, 0.2) is 0 Å². The van der Waals surface area contributed by atoms with Crippen LogP contribution in [0.3, 0.4) is 0 Å². The van der Waals surface area contributed by atoms with Crippen molar-refractivity contribution in [3.8, 4) is 0 Å². The molecule has 3 aromatic carbocycles. The average Bonchev–Trinajstić information content (AvgIpc) is 2.29. The molecule has 0 heterocycles. The van der Waals surface area contributed by atoms with Crippen LogP contribution in [0.2, 0.25) is 0 Å². The lowest BCUT2D eigenvalue weighted by molar-refractivity contribution is 1.73. The Bertz CT molecular complexity index is 687. The average molecular weight is 208 g/mol. The van der Waals surface area contributed by atoms with Gasteiger partial charge in [0.1, 0.15) is 0 Å². The molecule has 16 heavy (non-hydrogen) atoms. The molecule has 4 N–H and O–H groups in total. The van der Waals surface area contributed by atoms with Gasteiger partial charge in [-0.3, -0.25) is 0 Å². The van der Waals surface area contributed by atoms with E-state index in [-0.39, 0.29) is 0 Å². The van der Waals surface area contributed by atoms with Crippen molar-refractivity contribution in [3.63, 3.8) is 0 Å². The number of benzene rings is 3. The zero-order valence-corrected chi connectivity index (χ0v) is 8.77. The number of fused-ring (bicyclic) bond motifs is 2. The molecule has 0 bridgehead atoms. The molecule has 0 amide bonds. The highest BCUT2D eigenvalue weighted by Gasteiger charge is 2.03. The van der Waals surface area contributed by atoms with Gasteiger partial charge in [-0.15, -0.1) is 0 Å². The van der Waals surface area contributed by atoms with Crippen molar-refractivity contribution in [3.05, 3.63) is 48.5 Å². The fourth-order valence-corrected chi connectivity index (χ4v) is 2.13. The van der Waals surface area contributed by atoms with Crippen molar-refractivity contribution in [2.24, 2.45) is 0 Å². The highest BCUT2D eigenvalue weighted by atomic mass is 14.6. The lowest BCUT2D eigenvalue weighted by Gasteiger charge is -2.07. The second kappa shape index (κ2) is 3.14. The number of anilines is 2. The van der Waals surface area contributed by atoms with Crippen molar-refractivity contribution < 1.29 is 0 Å². The van der Waals surface area contributed by atoms with Gasteiger partial charge in [0.25, 0.3) is 0 Å². The second-order valence-corrected chi connectivity index (χ2v) is 3.99. The van der Waals surface area contributed by atoms with Crippen LogP contribution in [0.25, 0.3) is 21.5 Å². The minimum Gasteiger partial charge on any atom is -0.399 e. The van der Waals surface area contributed by atoms with E-state index in [1.165, 1.54) is 0 Å². The summed E-state index contributed by atoms with van der Waals surface area (Å²) in [6.07, 6.45) is 0. The van der Waals surface area contributed by atoms with E-state index >= 15 is 0 Å². The maximum Gasteiger partial charge on any atom is 0.0473 e. The molecule has 0 atom stereocenters. The summed E-state index contributed by atoms with van der Waals surface area (Å²) in [6.45, 7) is 0. The molecule has 0 aromatic heterocycles. The fraction of sp³-hybridized carbons (Fsp3) is 0. The van der Waals surface area contributed by atoms with Gasteiger partial charge in [0.05, 0.1) is 0 Å². The molecule has 0 unspecified atom stereocenters. The van der Waals surface area contributed by atoms with Crippen molar-refractivity contribution in [2.45, 2.75) is 0 Å². The maximum atomic E-state index is 6.16. The summed E-state index contributed by atoms with van der Waals surface area (Å²) in [5, 5.41) is 4.40. The number of hydrogen-bond donors (Lipinski definition) is 2. The summed E-state index contributed by atoms with van der Waals surface area (Å²) in [6, 6.07) is 16.1. The molecular formula is C14H12N2. The van der Waals surface area contributed by atoms with Crippen LogP contribution in [0.4, 0.5) is 11.4 Å². The van der Waals surface area contributed by atoms with E-state index < -0.39 is 0 Å². The van der Waals surface area contributed by atoms with E-state index in [9.17, 15) is 0 Å². The molecule has 0 saturated heterocycles. The first-order valence-electron chi connectivity index (χ1n) is 5.22. The topological polar surface area (TPSA) is 52.0 Å². The van der Waals surface area contributed by atoms with Gasteiger partial charge in [-0.25, -0.2) is 0 Å². The van der Waals surface area contributed by atoms with Gasteiger partial charge in [0.2, 0.25) is 0 Å². The summed E-state index contributed by atoms with van der Waals surface area (Å²) in [5.41, 5.74) is 13.5. The standard InChI is InChI=1S/C14H12N2/c15-11-5-6-13-10(8-11)7-9-3-1-2-4-12(9)14(13)16/h1-8H,15-16H2. The van der Waals surface area contributed by atoms with Crippen molar-refractivity contribution in [1.82, 2.24) is 0 Å².